The molecule has 8 heteroatoms. The van der Waals surface area contributed by atoms with Gasteiger partial charge in [0.1, 0.15) is 5.76 Å². The van der Waals surface area contributed by atoms with Gasteiger partial charge in [-0.1, -0.05) is 18.2 Å². The van der Waals surface area contributed by atoms with Crippen LogP contribution in [0.25, 0.3) is 0 Å². The molecule has 1 aromatic heterocycles. The van der Waals surface area contributed by atoms with Crippen LogP contribution in [-0.4, -0.2) is 26.3 Å². The molecule has 0 bridgehead atoms. The number of carbonyl (C=O) groups is 2. The molecular weight excluding hydrogens is 430 g/mol. The lowest BCUT2D eigenvalue weighted by Crippen LogP contribution is -2.25. The number of hydrogen-bond donors (Lipinski definition) is 1. The summed E-state index contributed by atoms with van der Waals surface area (Å²) < 4.78 is 38.0. The van der Waals surface area contributed by atoms with E-state index in [1.165, 1.54) is 43.0 Å². The SMILES string of the molecule is C[C@H](OC(=O)c1cccc(S(=O)(=O)NCc2ccco2)c1)C(=O)c1ccc2c(c1)CCC2. The van der Waals surface area contributed by atoms with Crippen molar-refractivity contribution in [1.29, 1.82) is 0 Å². The van der Waals surface area contributed by atoms with Crippen molar-refractivity contribution < 1.29 is 27.2 Å². The number of sulfonamides is 1. The number of Topliss-reactive ketones (excluding diaryl/α,β-unsaturated/α-hetero) is 1. The Hall–Kier alpha value is -3.23. The molecule has 4 rings (SSSR count). The van der Waals surface area contributed by atoms with Crippen molar-refractivity contribution >= 4 is 21.8 Å². The molecule has 0 fully saturated rings. The second-order valence-corrected chi connectivity index (χ2v) is 9.45. The third-order valence-electron chi connectivity index (χ3n) is 5.43. The molecule has 1 aliphatic carbocycles. The van der Waals surface area contributed by atoms with Crippen LogP contribution in [0.4, 0.5) is 0 Å². The van der Waals surface area contributed by atoms with Gasteiger partial charge >= 0.3 is 5.97 Å². The van der Waals surface area contributed by atoms with Gasteiger partial charge in [0, 0.05) is 5.56 Å². The number of fused-ring (bicyclic) bond motifs is 1. The molecule has 0 saturated heterocycles. The second-order valence-electron chi connectivity index (χ2n) is 7.68. The number of furan rings is 1. The summed E-state index contributed by atoms with van der Waals surface area (Å²) in [5.41, 5.74) is 2.96. The fraction of sp³-hybridized carbons (Fsp3) is 0.250. The van der Waals surface area contributed by atoms with E-state index in [0.29, 0.717) is 11.3 Å². The highest BCUT2D eigenvalue weighted by Crippen LogP contribution is 2.24. The van der Waals surface area contributed by atoms with Gasteiger partial charge in [-0.3, -0.25) is 4.79 Å². The predicted octanol–water partition coefficient (Wildman–Crippen LogP) is 3.68. The lowest BCUT2D eigenvalue weighted by molar-refractivity contribution is 0.0318. The number of hydrogen-bond acceptors (Lipinski definition) is 6. The number of rotatable bonds is 8. The molecule has 2 aromatic carbocycles. The van der Waals surface area contributed by atoms with Crippen molar-refractivity contribution in [3.05, 3.63) is 88.9 Å². The van der Waals surface area contributed by atoms with Crippen molar-refractivity contribution in [3.63, 3.8) is 0 Å². The molecule has 0 saturated carbocycles. The summed E-state index contributed by atoms with van der Waals surface area (Å²) >= 11 is 0. The maximum absolute atomic E-state index is 12.7. The molecule has 3 aromatic rings. The predicted molar refractivity (Wildman–Crippen MR) is 117 cm³/mol. The molecular formula is C24H23NO6S. The highest BCUT2D eigenvalue weighted by molar-refractivity contribution is 7.89. The summed E-state index contributed by atoms with van der Waals surface area (Å²) in [7, 11) is -3.87. The van der Waals surface area contributed by atoms with Crippen molar-refractivity contribution in [2.24, 2.45) is 0 Å². The minimum atomic E-state index is -3.87. The Morgan fingerprint density at radius 1 is 1.03 bits per heavy atom. The Kier molecular flexibility index (Phi) is 6.25. The molecule has 1 atom stereocenters. The number of esters is 1. The minimum Gasteiger partial charge on any atom is -0.468 e. The monoisotopic (exact) mass is 453 g/mol. The van der Waals surface area contributed by atoms with Crippen LogP contribution >= 0.6 is 0 Å². The van der Waals surface area contributed by atoms with Crippen LogP contribution in [0, 0.1) is 0 Å². The highest BCUT2D eigenvalue weighted by Gasteiger charge is 2.23. The summed E-state index contributed by atoms with van der Waals surface area (Å²) in [5.74, 6) is -0.602. The fourth-order valence-corrected chi connectivity index (χ4v) is 4.73. The zero-order valence-corrected chi connectivity index (χ0v) is 18.4. The Balaban J connectivity index is 1.43. The van der Waals surface area contributed by atoms with E-state index in [0.717, 1.165) is 24.8 Å². The zero-order chi connectivity index (χ0) is 22.7. The van der Waals surface area contributed by atoms with Crippen molar-refractivity contribution in [1.82, 2.24) is 4.72 Å². The Bertz CT molecular complexity index is 1250. The molecule has 0 spiro atoms. The van der Waals surface area contributed by atoms with Gasteiger partial charge in [0.2, 0.25) is 15.8 Å². The Labute approximate surface area is 186 Å². The van der Waals surface area contributed by atoms with E-state index in [9.17, 15) is 18.0 Å². The smallest absolute Gasteiger partial charge is 0.338 e. The van der Waals surface area contributed by atoms with E-state index in [2.05, 4.69) is 4.72 Å². The average Bonchev–Trinajstić information content (AvgIpc) is 3.48. The molecule has 0 unspecified atom stereocenters. The number of ether oxygens (including phenoxy) is 1. The molecule has 0 amide bonds. The van der Waals surface area contributed by atoms with E-state index in [1.807, 2.05) is 12.1 Å². The van der Waals surface area contributed by atoms with Crippen molar-refractivity contribution in [3.8, 4) is 0 Å². The van der Waals surface area contributed by atoms with Gasteiger partial charge in [0.25, 0.3) is 0 Å². The first-order chi connectivity index (χ1) is 15.3. The van der Waals surface area contributed by atoms with E-state index in [4.69, 9.17) is 9.15 Å². The van der Waals surface area contributed by atoms with E-state index in [1.54, 1.807) is 18.2 Å². The number of nitrogens with one attached hydrogen (secondary N) is 1. The van der Waals surface area contributed by atoms with E-state index < -0.39 is 22.1 Å². The Morgan fingerprint density at radius 2 is 1.84 bits per heavy atom. The largest absolute Gasteiger partial charge is 0.468 e. The normalized spacial score (nSPS) is 14.0. The van der Waals surface area contributed by atoms with Crippen LogP contribution in [-0.2, 0) is 34.1 Å². The topological polar surface area (TPSA) is 103 Å². The number of aryl methyl sites for hydroxylation is 2. The molecule has 32 heavy (non-hydrogen) atoms. The number of ketones is 1. The second kappa shape index (κ2) is 9.10. The molecule has 0 aliphatic heterocycles. The standard InChI is InChI=1S/C24H23NO6S/c1-16(23(26)19-11-10-17-5-2-6-18(17)13-19)31-24(27)20-7-3-9-22(14-20)32(28,29)25-15-21-8-4-12-30-21/h3-4,7-14,16,25H,2,5-6,15H2,1H3/t16-/m0/s1. The van der Waals surface area contributed by atoms with Gasteiger partial charge < -0.3 is 9.15 Å². The van der Waals surface area contributed by atoms with E-state index in [-0.39, 0.29) is 22.8 Å². The maximum atomic E-state index is 12.7. The van der Waals surface area contributed by atoms with Gasteiger partial charge in [-0.05, 0) is 73.7 Å². The van der Waals surface area contributed by atoms with Gasteiger partial charge in [-0.2, -0.15) is 0 Å². The summed E-state index contributed by atoms with van der Waals surface area (Å²) in [6, 6.07) is 14.4. The summed E-state index contributed by atoms with van der Waals surface area (Å²) in [6.07, 6.45) is 3.49. The average molecular weight is 454 g/mol. The lowest BCUT2D eigenvalue weighted by Gasteiger charge is -2.14. The fourth-order valence-electron chi connectivity index (χ4n) is 3.69. The lowest BCUT2D eigenvalue weighted by atomic mass is 10.0. The van der Waals surface area contributed by atoms with Crippen LogP contribution < -0.4 is 4.72 Å². The minimum absolute atomic E-state index is 0.0175. The van der Waals surface area contributed by atoms with Crippen LogP contribution in [0.1, 0.15) is 50.9 Å². The van der Waals surface area contributed by atoms with E-state index >= 15 is 0 Å². The van der Waals surface area contributed by atoms with Crippen LogP contribution in [0.3, 0.4) is 0 Å². The van der Waals surface area contributed by atoms with Crippen LogP contribution in [0.15, 0.2) is 70.2 Å². The number of benzene rings is 2. The van der Waals surface area contributed by atoms with Crippen LogP contribution in [0.5, 0.6) is 0 Å². The van der Waals surface area contributed by atoms with Crippen molar-refractivity contribution in [2.75, 3.05) is 0 Å². The van der Waals surface area contributed by atoms with Gasteiger partial charge in [-0.15, -0.1) is 0 Å². The highest BCUT2D eigenvalue weighted by atomic mass is 32.2. The molecule has 0 radical (unpaired) electrons. The van der Waals surface area contributed by atoms with Gasteiger partial charge in [-0.25, -0.2) is 17.9 Å². The molecule has 1 aliphatic rings. The first kappa shape index (κ1) is 22.0. The quantitative estimate of drug-likeness (QED) is 0.412. The molecule has 166 valence electrons. The molecule has 7 nitrogen and oxygen atoms in total. The molecule has 1 heterocycles. The first-order valence-corrected chi connectivity index (χ1v) is 11.8. The summed E-state index contributed by atoms with van der Waals surface area (Å²) in [4.78, 5) is 25.3. The summed E-state index contributed by atoms with van der Waals surface area (Å²) in [6.45, 7) is 1.50. The molecule has 1 N–H and O–H groups in total. The summed E-state index contributed by atoms with van der Waals surface area (Å²) in [5, 5.41) is 0. The Morgan fingerprint density at radius 3 is 2.62 bits per heavy atom. The van der Waals surface area contributed by atoms with Crippen LogP contribution in [0.2, 0.25) is 0 Å². The third kappa shape index (κ3) is 4.81. The van der Waals surface area contributed by atoms with Crippen molar-refractivity contribution in [2.45, 2.75) is 43.7 Å². The van der Waals surface area contributed by atoms with Gasteiger partial charge in [0.15, 0.2) is 6.10 Å². The first-order valence-electron chi connectivity index (χ1n) is 10.3. The third-order valence-corrected chi connectivity index (χ3v) is 6.83. The zero-order valence-electron chi connectivity index (χ0n) is 17.5. The van der Waals surface area contributed by atoms with Gasteiger partial charge in [0.05, 0.1) is 23.3 Å². The number of carbonyl (C=O) groups excluding carboxylic acids is 2. The maximum Gasteiger partial charge on any atom is 0.338 e.